The first-order valence-electron chi connectivity index (χ1n) is 7.04. The van der Waals surface area contributed by atoms with Gasteiger partial charge in [0.1, 0.15) is 6.54 Å². The molecule has 0 bridgehead atoms. The van der Waals surface area contributed by atoms with Crippen LogP contribution in [0, 0.1) is 0 Å². The molecule has 0 amide bonds. The highest BCUT2D eigenvalue weighted by atomic mass is 16.5. The molecular formula is C13H17N7O4. The summed E-state index contributed by atoms with van der Waals surface area (Å²) in [6.45, 7) is 1.90. The van der Waals surface area contributed by atoms with Crippen LogP contribution in [0.4, 0.5) is 11.9 Å². The Morgan fingerprint density at radius 1 is 1.29 bits per heavy atom. The van der Waals surface area contributed by atoms with E-state index in [1.54, 1.807) is 25.9 Å². The van der Waals surface area contributed by atoms with Crippen LogP contribution in [-0.4, -0.2) is 58.4 Å². The minimum Gasteiger partial charge on any atom is -0.465 e. The molecule has 2 aromatic rings. The lowest BCUT2D eigenvalue weighted by Gasteiger charge is -2.13. The molecule has 0 aliphatic rings. The molecular weight excluding hydrogens is 318 g/mol. The second-order valence-electron chi connectivity index (χ2n) is 4.66. The van der Waals surface area contributed by atoms with Gasteiger partial charge in [-0.1, -0.05) is 0 Å². The molecule has 0 saturated heterocycles. The number of aromatic nitrogens is 5. The number of rotatable bonds is 7. The van der Waals surface area contributed by atoms with Gasteiger partial charge >= 0.3 is 12.0 Å². The Kier molecular flexibility index (Phi) is 5.60. The summed E-state index contributed by atoms with van der Waals surface area (Å²) in [5, 5.41) is 8.68. The fourth-order valence-corrected chi connectivity index (χ4v) is 1.52. The van der Waals surface area contributed by atoms with Crippen LogP contribution in [0.3, 0.4) is 0 Å². The lowest BCUT2D eigenvalue weighted by molar-refractivity contribution is -0.140. The fourth-order valence-electron chi connectivity index (χ4n) is 1.52. The molecule has 2 rings (SSSR count). The largest absolute Gasteiger partial charge is 0.465 e. The van der Waals surface area contributed by atoms with Gasteiger partial charge in [0.15, 0.2) is 0 Å². The third-order valence-electron chi connectivity index (χ3n) is 2.55. The minimum atomic E-state index is -0.436. The van der Waals surface area contributed by atoms with Crippen LogP contribution in [0.15, 0.2) is 16.9 Å². The van der Waals surface area contributed by atoms with Gasteiger partial charge in [0.2, 0.25) is 17.8 Å². The van der Waals surface area contributed by atoms with Gasteiger partial charge in [-0.2, -0.15) is 15.0 Å². The number of esters is 1. The average Bonchev–Trinajstić information content (AvgIpc) is 2.55. The van der Waals surface area contributed by atoms with Gasteiger partial charge in [-0.15, -0.1) is 5.10 Å². The first-order valence-corrected chi connectivity index (χ1v) is 7.04. The molecule has 0 saturated carbocycles. The molecule has 0 aliphatic carbocycles. The topological polar surface area (TPSA) is 135 Å². The number of aromatic amines is 1. The third kappa shape index (κ3) is 4.90. The maximum absolute atomic E-state index is 11.4. The molecule has 2 aromatic heterocycles. The van der Waals surface area contributed by atoms with Crippen molar-refractivity contribution in [2.24, 2.45) is 0 Å². The van der Waals surface area contributed by atoms with E-state index in [2.05, 4.69) is 30.5 Å². The monoisotopic (exact) mass is 335 g/mol. The molecule has 0 unspecified atom stereocenters. The number of hydrogen-bond donors (Lipinski definition) is 2. The number of nitrogens with zero attached hydrogens (tertiary/aromatic N) is 5. The molecule has 0 fully saturated rings. The number of H-pyrrole nitrogens is 1. The first kappa shape index (κ1) is 17.1. The van der Waals surface area contributed by atoms with Crippen molar-refractivity contribution in [3.63, 3.8) is 0 Å². The molecule has 128 valence electrons. The predicted octanol–water partition coefficient (Wildman–Crippen LogP) is -0.212. The van der Waals surface area contributed by atoms with E-state index in [0.717, 1.165) is 0 Å². The lowest BCUT2D eigenvalue weighted by atomic mass is 10.6. The molecule has 2 heterocycles. The fraction of sp³-hybridized carbons (Fsp3) is 0.385. The molecule has 0 radical (unpaired) electrons. The number of hydrogen-bond acceptors (Lipinski definition) is 10. The van der Waals surface area contributed by atoms with Gasteiger partial charge in [-0.3, -0.25) is 9.59 Å². The zero-order valence-electron chi connectivity index (χ0n) is 13.4. The highest BCUT2D eigenvalue weighted by Gasteiger charge is 2.12. The average molecular weight is 335 g/mol. The summed E-state index contributed by atoms with van der Waals surface area (Å²) >= 11 is 0. The molecule has 11 heteroatoms. The summed E-state index contributed by atoms with van der Waals surface area (Å²) in [7, 11) is 3.49. The van der Waals surface area contributed by atoms with Crippen LogP contribution in [0.1, 0.15) is 6.92 Å². The smallest absolute Gasteiger partial charge is 0.330 e. The van der Waals surface area contributed by atoms with E-state index >= 15 is 0 Å². The van der Waals surface area contributed by atoms with Crippen molar-refractivity contribution in [3.8, 4) is 11.9 Å². The number of carbonyl (C=O) groups excluding carboxylic acids is 1. The second-order valence-corrected chi connectivity index (χ2v) is 4.66. The lowest BCUT2D eigenvalue weighted by Crippen LogP contribution is -2.20. The minimum absolute atomic E-state index is 0.0420. The Morgan fingerprint density at radius 3 is 2.71 bits per heavy atom. The van der Waals surface area contributed by atoms with E-state index in [4.69, 9.17) is 9.47 Å². The Labute approximate surface area is 137 Å². The number of anilines is 2. The number of carbonyl (C=O) groups is 1. The highest BCUT2D eigenvalue weighted by Crippen LogP contribution is 2.17. The standard InChI is InChI=1S/C13H17N7O4/c1-4-23-10(22)7-14-11-15-12(20(2)3)17-13(16-11)24-9-6-5-8(21)18-19-9/h5-6H,4,7H2,1-3H3,(H,18,21)(H,14,15,16,17). The van der Waals surface area contributed by atoms with E-state index in [0.29, 0.717) is 5.95 Å². The molecule has 0 spiro atoms. The van der Waals surface area contributed by atoms with Crippen molar-refractivity contribution in [3.05, 3.63) is 22.5 Å². The molecule has 0 aromatic carbocycles. The summed E-state index contributed by atoms with van der Waals surface area (Å²) in [5.74, 6) is 0.132. The highest BCUT2D eigenvalue weighted by molar-refractivity contribution is 5.74. The van der Waals surface area contributed by atoms with Crippen LogP contribution < -0.4 is 20.5 Å². The first-order chi connectivity index (χ1) is 11.5. The van der Waals surface area contributed by atoms with E-state index in [9.17, 15) is 9.59 Å². The zero-order chi connectivity index (χ0) is 17.5. The summed E-state index contributed by atoms with van der Waals surface area (Å²) < 4.78 is 10.2. The van der Waals surface area contributed by atoms with Gasteiger partial charge in [0.05, 0.1) is 6.61 Å². The zero-order valence-corrected chi connectivity index (χ0v) is 13.4. The van der Waals surface area contributed by atoms with E-state index in [1.807, 2.05) is 0 Å². The Morgan fingerprint density at radius 2 is 2.08 bits per heavy atom. The number of ether oxygens (including phenoxy) is 2. The summed E-state index contributed by atoms with van der Waals surface area (Å²) in [6.07, 6.45) is 0. The van der Waals surface area contributed by atoms with Gasteiger partial charge in [-0.25, -0.2) is 5.10 Å². The van der Waals surface area contributed by atoms with Gasteiger partial charge in [0, 0.05) is 26.2 Å². The van der Waals surface area contributed by atoms with Crippen LogP contribution in [-0.2, 0) is 9.53 Å². The second kappa shape index (κ2) is 7.85. The number of nitrogens with one attached hydrogen (secondary N) is 2. The van der Waals surface area contributed by atoms with Gasteiger partial charge < -0.3 is 19.7 Å². The summed E-state index contributed by atoms with van der Waals surface area (Å²) in [4.78, 5) is 36.3. The molecule has 0 atom stereocenters. The van der Waals surface area contributed by atoms with Crippen LogP contribution in [0.25, 0.3) is 0 Å². The molecule has 0 aliphatic heterocycles. The summed E-state index contributed by atoms with van der Waals surface area (Å²) in [5.41, 5.74) is -0.358. The van der Waals surface area contributed by atoms with Gasteiger partial charge in [0.25, 0.3) is 5.56 Å². The van der Waals surface area contributed by atoms with Crippen molar-refractivity contribution in [1.29, 1.82) is 0 Å². The van der Waals surface area contributed by atoms with E-state index in [-0.39, 0.29) is 36.5 Å². The van der Waals surface area contributed by atoms with Crippen molar-refractivity contribution >= 4 is 17.9 Å². The van der Waals surface area contributed by atoms with Crippen molar-refractivity contribution < 1.29 is 14.3 Å². The normalized spacial score (nSPS) is 10.1. The van der Waals surface area contributed by atoms with Crippen LogP contribution in [0.5, 0.6) is 11.9 Å². The molecule has 24 heavy (non-hydrogen) atoms. The van der Waals surface area contributed by atoms with E-state index < -0.39 is 5.97 Å². The third-order valence-corrected chi connectivity index (χ3v) is 2.55. The van der Waals surface area contributed by atoms with Crippen molar-refractivity contribution in [2.45, 2.75) is 6.92 Å². The quantitative estimate of drug-likeness (QED) is 0.654. The summed E-state index contributed by atoms with van der Waals surface area (Å²) in [6, 6.07) is 2.60. The maximum Gasteiger partial charge on any atom is 0.330 e. The Balaban J connectivity index is 2.18. The van der Waals surface area contributed by atoms with E-state index in [1.165, 1.54) is 12.1 Å². The van der Waals surface area contributed by atoms with Crippen molar-refractivity contribution in [1.82, 2.24) is 25.1 Å². The van der Waals surface area contributed by atoms with Crippen LogP contribution in [0.2, 0.25) is 0 Å². The predicted molar refractivity (Wildman–Crippen MR) is 84.2 cm³/mol. The maximum atomic E-state index is 11.4. The van der Waals surface area contributed by atoms with Crippen LogP contribution >= 0.6 is 0 Å². The van der Waals surface area contributed by atoms with Crippen molar-refractivity contribution in [2.75, 3.05) is 37.5 Å². The molecule has 2 N–H and O–H groups in total. The SMILES string of the molecule is CCOC(=O)CNc1nc(Oc2ccc(=O)[nH]n2)nc(N(C)C)n1. The van der Waals surface area contributed by atoms with Gasteiger partial charge in [-0.05, 0) is 6.92 Å². The Hall–Kier alpha value is -3.24. The Bertz CT molecular complexity index is 742. The molecule has 11 nitrogen and oxygen atoms in total.